The summed E-state index contributed by atoms with van der Waals surface area (Å²) in [5, 5.41) is 3.46. The Bertz CT molecular complexity index is 974. The number of alkyl halides is 6. The van der Waals surface area contributed by atoms with Crippen molar-refractivity contribution in [2.45, 2.75) is 12.4 Å². The smallest absolute Gasteiger partial charge is 0.383 e. The highest BCUT2D eigenvalue weighted by Crippen LogP contribution is 2.41. The molecule has 3 nitrogen and oxygen atoms in total. The minimum Gasteiger partial charge on any atom is -0.383 e. The lowest BCUT2D eigenvalue weighted by Gasteiger charge is -2.10. The number of rotatable bonds is 2. The van der Waals surface area contributed by atoms with Crippen LogP contribution in [0.4, 0.5) is 32.2 Å². The molecule has 0 amide bonds. The van der Waals surface area contributed by atoms with Crippen LogP contribution in [0.3, 0.4) is 0 Å². The van der Waals surface area contributed by atoms with Crippen LogP contribution in [-0.2, 0) is 12.4 Å². The highest BCUT2D eigenvalue weighted by Gasteiger charge is 2.40. The third kappa shape index (κ3) is 3.80. The van der Waals surface area contributed by atoms with Gasteiger partial charge in [-0.1, -0.05) is 34.1 Å². The second-order valence-corrected chi connectivity index (χ2v) is 6.49. The van der Waals surface area contributed by atoms with Crippen molar-refractivity contribution < 1.29 is 26.3 Å². The van der Waals surface area contributed by atoms with E-state index in [-0.39, 0.29) is 11.3 Å². The van der Waals surface area contributed by atoms with E-state index >= 15 is 0 Å². The van der Waals surface area contributed by atoms with E-state index in [4.69, 9.17) is 5.73 Å². The quantitative estimate of drug-likeness (QED) is 0.493. The van der Waals surface area contributed by atoms with E-state index < -0.39 is 35.0 Å². The molecule has 0 saturated heterocycles. The number of halogens is 7. The van der Waals surface area contributed by atoms with Crippen LogP contribution in [0.25, 0.3) is 16.8 Å². The highest BCUT2D eigenvalue weighted by molar-refractivity contribution is 9.10. The molecule has 0 aliphatic carbocycles. The topological polar surface area (TPSA) is 43.8 Å². The molecule has 0 bridgehead atoms. The van der Waals surface area contributed by atoms with E-state index in [1.165, 1.54) is 30.3 Å². The summed E-state index contributed by atoms with van der Waals surface area (Å²) < 4.78 is 80.5. The number of hydrogen-bond donors (Lipinski definition) is 1. The van der Waals surface area contributed by atoms with E-state index in [1.807, 2.05) is 0 Å². The summed E-state index contributed by atoms with van der Waals surface area (Å²) in [5.74, 6) is -0.413. The van der Waals surface area contributed by atoms with E-state index in [0.29, 0.717) is 15.2 Å². The maximum Gasteiger partial charge on any atom is 0.435 e. The van der Waals surface area contributed by atoms with Gasteiger partial charge in [0.05, 0.1) is 16.8 Å². The van der Waals surface area contributed by atoms with Gasteiger partial charge in [-0.3, -0.25) is 0 Å². The zero-order valence-electron chi connectivity index (χ0n) is 13.2. The first-order valence-corrected chi connectivity index (χ1v) is 8.17. The third-order valence-corrected chi connectivity index (χ3v) is 4.27. The fourth-order valence-electron chi connectivity index (χ4n) is 2.54. The molecule has 10 heteroatoms. The van der Waals surface area contributed by atoms with Crippen molar-refractivity contribution in [1.82, 2.24) is 9.78 Å². The van der Waals surface area contributed by atoms with Crippen LogP contribution in [-0.4, -0.2) is 9.78 Å². The van der Waals surface area contributed by atoms with Crippen molar-refractivity contribution >= 4 is 21.7 Å². The summed E-state index contributed by atoms with van der Waals surface area (Å²) in [7, 11) is 0. The Balaban J connectivity index is 2.23. The number of benzene rings is 2. The Hall–Kier alpha value is -2.49. The molecule has 3 rings (SSSR count). The van der Waals surface area contributed by atoms with Gasteiger partial charge in [0.1, 0.15) is 5.82 Å². The Morgan fingerprint density at radius 3 is 2.07 bits per heavy atom. The fraction of sp³-hybridized carbons (Fsp3) is 0.118. The van der Waals surface area contributed by atoms with E-state index in [1.54, 1.807) is 0 Å². The molecule has 1 aromatic heterocycles. The van der Waals surface area contributed by atoms with Gasteiger partial charge in [-0.05, 0) is 35.9 Å². The number of nitrogens with zero attached hydrogens (tertiary/aromatic N) is 2. The van der Waals surface area contributed by atoms with Crippen LogP contribution in [0.5, 0.6) is 0 Å². The molecule has 2 N–H and O–H groups in total. The Morgan fingerprint density at radius 1 is 0.889 bits per heavy atom. The largest absolute Gasteiger partial charge is 0.435 e. The SMILES string of the molecule is Nc1c(-c2ccc(Br)cc2)c(C(F)(F)F)nn1-c1cccc(C(F)(F)F)c1. The summed E-state index contributed by atoms with van der Waals surface area (Å²) in [6, 6.07) is 9.63. The molecule has 3 aromatic rings. The van der Waals surface area contributed by atoms with Crippen LogP contribution < -0.4 is 5.73 Å². The molecule has 1 heterocycles. The lowest BCUT2D eigenvalue weighted by molar-refractivity contribution is -0.141. The molecule has 0 unspecified atom stereocenters. The third-order valence-electron chi connectivity index (χ3n) is 3.74. The number of nitrogen functional groups attached to an aromatic ring is 1. The maximum atomic E-state index is 13.5. The lowest BCUT2D eigenvalue weighted by atomic mass is 10.1. The highest BCUT2D eigenvalue weighted by atomic mass is 79.9. The number of hydrogen-bond acceptors (Lipinski definition) is 2. The first kappa shape index (κ1) is 19.3. The molecular formula is C17H10BrF6N3. The molecule has 0 aliphatic rings. The lowest BCUT2D eigenvalue weighted by Crippen LogP contribution is -2.09. The van der Waals surface area contributed by atoms with Crippen molar-refractivity contribution in [2.75, 3.05) is 5.73 Å². The van der Waals surface area contributed by atoms with Gasteiger partial charge in [-0.25, -0.2) is 4.68 Å². The minimum absolute atomic E-state index is 0.140. The molecule has 0 fully saturated rings. The van der Waals surface area contributed by atoms with Gasteiger partial charge < -0.3 is 5.73 Å². The van der Waals surface area contributed by atoms with Gasteiger partial charge in [0, 0.05) is 4.47 Å². The minimum atomic E-state index is -4.84. The van der Waals surface area contributed by atoms with E-state index in [2.05, 4.69) is 21.0 Å². The standard InChI is InChI=1S/C17H10BrF6N3/c18-11-6-4-9(5-7-11)13-14(17(22,23)24)26-27(15(13)25)12-3-1-2-10(8-12)16(19,20)21/h1-8H,25H2. The van der Waals surface area contributed by atoms with Crippen molar-refractivity contribution in [3.8, 4) is 16.8 Å². The molecular weight excluding hydrogens is 440 g/mol. The average Bonchev–Trinajstić information content (AvgIpc) is 2.93. The first-order valence-electron chi connectivity index (χ1n) is 7.38. The normalized spacial score (nSPS) is 12.4. The molecule has 2 aromatic carbocycles. The maximum absolute atomic E-state index is 13.5. The summed E-state index contributed by atoms with van der Waals surface area (Å²) in [6.45, 7) is 0. The Labute approximate surface area is 157 Å². The van der Waals surface area contributed by atoms with Crippen molar-refractivity contribution in [2.24, 2.45) is 0 Å². The van der Waals surface area contributed by atoms with Gasteiger partial charge in [-0.15, -0.1) is 0 Å². The molecule has 0 spiro atoms. The number of nitrogens with two attached hydrogens (primary N) is 1. The Morgan fingerprint density at radius 2 is 1.52 bits per heavy atom. The monoisotopic (exact) mass is 449 g/mol. The second kappa shape index (κ2) is 6.59. The van der Waals surface area contributed by atoms with Gasteiger partial charge >= 0.3 is 12.4 Å². The van der Waals surface area contributed by atoms with Crippen LogP contribution in [0.1, 0.15) is 11.3 Å². The predicted molar refractivity (Wildman–Crippen MR) is 91.1 cm³/mol. The zero-order chi connectivity index (χ0) is 20.0. The molecule has 0 atom stereocenters. The number of anilines is 1. The van der Waals surface area contributed by atoms with Crippen LogP contribution in [0.2, 0.25) is 0 Å². The van der Waals surface area contributed by atoms with Gasteiger partial charge in [-0.2, -0.15) is 31.4 Å². The fourth-order valence-corrected chi connectivity index (χ4v) is 2.81. The molecule has 27 heavy (non-hydrogen) atoms. The molecule has 0 radical (unpaired) electrons. The van der Waals surface area contributed by atoms with Crippen LogP contribution in [0, 0.1) is 0 Å². The summed E-state index contributed by atoms with van der Waals surface area (Å²) in [5.41, 5.74) is 3.09. The molecule has 0 aliphatic heterocycles. The van der Waals surface area contributed by atoms with Gasteiger partial charge in [0.25, 0.3) is 0 Å². The summed E-state index contributed by atoms with van der Waals surface area (Å²) >= 11 is 3.18. The van der Waals surface area contributed by atoms with Crippen LogP contribution in [0.15, 0.2) is 53.0 Å². The predicted octanol–water partition coefficient (Wildman–Crippen LogP) is 5.92. The molecule has 142 valence electrons. The van der Waals surface area contributed by atoms with Crippen molar-refractivity contribution in [3.05, 3.63) is 64.3 Å². The van der Waals surface area contributed by atoms with Gasteiger partial charge in [0.15, 0.2) is 5.69 Å². The van der Waals surface area contributed by atoms with Gasteiger partial charge in [0.2, 0.25) is 0 Å². The Kier molecular flexibility index (Phi) is 4.71. The first-order chi connectivity index (χ1) is 12.5. The molecule has 0 saturated carbocycles. The van der Waals surface area contributed by atoms with E-state index in [0.717, 1.165) is 12.1 Å². The number of aromatic nitrogens is 2. The second-order valence-electron chi connectivity index (χ2n) is 5.57. The van der Waals surface area contributed by atoms with Crippen LogP contribution >= 0.6 is 15.9 Å². The average molecular weight is 450 g/mol. The zero-order valence-corrected chi connectivity index (χ0v) is 14.8. The summed E-state index contributed by atoms with van der Waals surface area (Å²) in [6.07, 6.45) is -9.50. The summed E-state index contributed by atoms with van der Waals surface area (Å²) in [4.78, 5) is 0. The van der Waals surface area contributed by atoms with Crippen molar-refractivity contribution in [1.29, 1.82) is 0 Å². The van der Waals surface area contributed by atoms with E-state index in [9.17, 15) is 26.3 Å². The van der Waals surface area contributed by atoms with Crippen molar-refractivity contribution in [3.63, 3.8) is 0 Å².